The van der Waals surface area contributed by atoms with Gasteiger partial charge < -0.3 is 0 Å². The Balaban J connectivity index is 2.51. The Morgan fingerprint density at radius 2 is 1.88 bits per heavy atom. The van der Waals surface area contributed by atoms with E-state index in [4.69, 9.17) is 0 Å². The number of fused-ring (bicyclic) bond motifs is 1. The largest absolute Gasteiger partial charge is 0.119 e. The Kier molecular flexibility index (Phi) is 2.91. The van der Waals surface area contributed by atoms with E-state index in [1.165, 1.54) is 16.0 Å². The molecule has 1 aromatic rings. The Labute approximate surface area is 103 Å². The zero-order chi connectivity index (χ0) is 11.9. The van der Waals surface area contributed by atoms with E-state index in [1.54, 1.807) is 0 Å². The summed E-state index contributed by atoms with van der Waals surface area (Å²) in [6.07, 6.45) is 0. The first-order chi connectivity index (χ1) is 7.43. The van der Waals surface area contributed by atoms with Crippen LogP contribution in [0, 0.1) is 11.8 Å². The lowest BCUT2D eigenvalue weighted by atomic mass is 9.77. The van der Waals surface area contributed by atoms with Crippen molar-refractivity contribution < 1.29 is 0 Å². The van der Waals surface area contributed by atoms with Crippen LogP contribution in [0.25, 0.3) is 5.57 Å². The third-order valence-electron chi connectivity index (χ3n) is 3.40. The molecule has 0 fully saturated rings. The van der Waals surface area contributed by atoms with Crippen LogP contribution in [0.15, 0.2) is 35.7 Å². The molecule has 0 aromatic heterocycles. The summed E-state index contributed by atoms with van der Waals surface area (Å²) in [7, 11) is 0. The molecular formula is C15H20S. The molecule has 1 atom stereocenters. The first-order valence-electron chi connectivity index (χ1n) is 5.90. The Bertz CT molecular complexity index is 415. The highest BCUT2D eigenvalue weighted by Gasteiger charge is 2.39. The fourth-order valence-electron chi connectivity index (χ4n) is 2.96. The van der Waals surface area contributed by atoms with Gasteiger partial charge in [0.25, 0.3) is 0 Å². The number of hydrogen-bond donors (Lipinski definition) is 0. The van der Waals surface area contributed by atoms with Gasteiger partial charge in [-0.25, -0.2) is 0 Å². The van der Waals surface area contributed by atoms with Gasteiger partial charge in [0.1, 0.15) is 0 Å². The zero-order valence-corrected chi connectivity index (χ0v) is 11.4. The molecule has 0 N–H and O–H groups in total. The standard InChI is InChI=1S/C15H20S/c1-10(2)14-11(3)12-8-6-7-9-13(12)16-15(14,4)5/h6-10,14H,3H2,1-2,4-5H3. The quantitative estimate of drug-likeness (QED) is 0.666. The summed E-state index contributed by atoms with van der Waals surface area (Å²) in [6, 6.07) is 8.64. The normalized spacial score (nSPS) is 23.3. The van der Waals surface area contributed by atoms with Crippen molar-refractivity contribution in [3.05, 3.63) is 36.4 Å². The molecule has 0 nitrogen and oxygen atoms in total. The number of benzene rings is 1. The summed E-state index contributed by atoms with van der Waals surface area (Å²) < 4.78 is 0.250. The third kappa shape index (κ3) is 1.82. The Hall–Kier alpha value is -0.690. The van der Waals surface area contributed by atoms with Gasteiger partial charge in [0.2, 0.25) is 0 Å². The van der Waals surface area contributed by atoms with Crippen LogP contribution in [0.4, 0.5) is 0 Å². The van der Waals surface area contributed by atoms with Gasteiger partial charge in [0.05, 0.1) is 0 Å². The van der Waals surface area contributed by atoms with E-state index in [9.17, 15) is 0 Å². The Morgan fingerprint density at radius 1 is 1.25 bits per heavy atom. The molecule has 1 aliphatic rings. The number of hydrogen-bond acceptors (Lipinski definition) is 1. The van der Waals surface area contributed by atoms with Gasteiger partial charge in [-0.3, -0.25) is 0 Å². The molecule has 0 radical (unpaired) electrons. The van der Waals surface area contributed by atoms with Crippen LogP contribution in [0.2, 0.25) is 0 Å². The molecule has 2 rings (SSSR count). The van der Waals surface area contributed by atoms with Crippen LogP contribution in [-0.2, 0) is 0 Å². The lowest BCUT2D eigenvalue weighted by molar-refractivity contribution is 0.397. The predicted octanol–water partition coefficient (Wildman–Crippen LogP) is 4.86. The van der Waals surface area contributed by atoms with Crippen molar-refractivity contribution >= 4 is 17.3 Å². The van der Waals surface area contributed by atoms with Crippen molar-refractivity contribution in [2.24, 2.45) is 11.8 Å². The molecule has 1 aromatic carbocycles. The summed E-state index contributed by atoms with van der Waals surface area (Å²) in [6.45, 7) is 13.6. The monoisotopic (exact) mass is 232 g/mol. The van der Waals surface area contributed by atoms with Gasteiger partial charge in [0, 0.05) is 15.6 Å². The number of thioether (sulfide) groups is 1. The van der Waals surface area contributed by atoms with Crippen LogP contribution < -0.4 is 0 Å². The maximum atomic E-state index is 4.34. The summed E-state index contributed by atoms with van der Waals surface area (Å²) in [5.74, 6) is 1.20. The highest BCUT2D eigenvalue weighted by Crippen LogP contribution is 2.53. The fourth-order valence-corrected chi connectivity index (χ4v) is 4.52. The van der Waals surface area contributed by atoms with Gasteiger partial charge >= 0.3 is 0 Å². The van der Waals surface area contributed by atoms with Crippen LogP contribution in [0.3, 0.4) is 0 Å². The lowest BCUT2D eigenvalue weighted by Crippen LogP contribution is -2.35. The minimum absolute atomic E-state index is 0.250. The maximum absolute atomic E-state index is 4.34. The molecule has 1 unspecified atom stereocenters. The number of allylic oxidation sites excluding steroid dienone is 1. The molecule has 1 heteroatoms. The lowest BCUT2D eigenvalue weighted by Gasteiger charge is -2.42. The highest BCUT2D eigenvalue weighted by atomic mass is 32.2. The molecule has 0 saturated heterocycles. The topological polar surface area (TPSA) is 0 Å². The van der Waals surface area contributed by atoms with E-state index in [0.29, 0.717) is 11.8 Å². The molecule has 1 aliphatic heterocycles. The first kappa shape index (κ1) is 11.8. The van der Waals surface area contributed by atoms with Gasteiger partial charge in [-0.2, -0.15) is 0 Å². The van der Waals surface area contributed by atoms with E-state index in [-0.39, 0.29) is 4.75 Å². The SMILES string of the molecule is C=C1c2ccccc2SC(C)(C)C1C(C)C. The summed E-state index contributed by atoms with van der Waals surface area (Å²) in [5, 5.41) is 0. The second kappa shape index (κ2) is 3.96. The van der Waals surface area contributed by atoms with Crippen molar-refractivity contribution in [2.75, 3.05) is 0 Å². The summed E-state index contributed by atoms with van der Waals surface area (Å²) in [5.41, 5.74) is 2.67. The second-order valence-corrected chi connectivity index (χ2v) is 7.14. The average Bonchev–Trinajstić information content (AvgIpc) is 2.15. The molecular weight excluding hydrogens is 212 g/mol. The van der Waals surface area contributed by atoms with Crippen molar-refractivity contribution in [1.29, 1.82) is 0 Å². The molecule has 1 heterocycles. The Morgan fingerprint density at radius 3 is 2.50 bits per heavy atom. The zero-order valence-electron chi connectivity index (χ0n) is 10.6. The van der Waals surface area contributed by atoms with Crippen molar-refractivity contribution in [3.8, 4) is 0 Å². The third-order valence-corrected chi connectivity index (χ3v) is 4.75. The molecule has 0 amide bonds. The van der Waals surface area contributed by atoms with E-state index in [0.717, 1.165) is 0 Å². The maximum Gasteiger partial charge on any atom is 0.0222 e. The molecule has 0 saturated carbocycles. The minimum atomic E-state index is 0.250. The van der Waals surface area contributed by atoms with Gasteiger partial charge in [-0.05, 0) is 37.0 Å². The molecule has 0 aliphatic carbocycles. The predicted molar refractivity (Wildman–Crippen MR) is 73.7 cm³/mol. The fraction of sp³-hybridized carbons (Fsp3) is 0.467. The van der Waals surface area contributed by atoms with Crippen LogP contribution >= 0.6 is 11.8 Å². The average molecular weight is 232 g/mol. The minimum Gasteiger partial charge on any atom is -0.119 e. The van der Waals surface area contributed by atoms with Crippen molar-refractivity contribution in [2.45, 2.75) is 37.3 Å². The van der Waals surface area contributed by atoms with Gasteiger partial charge in [-0.1, -0.05) is 38.6 Å². The van der Waals surface area contributed by atoms with E-state index in [2.05, 4.69) is 58.5 Å². The first-order valence-corrected chi connectivity index (χ1v) is 6.72. The van der Waals surface area contributed by atoms with Gasteiger partial charge in [0.15, 0.2) is 0 Å². The summed E-state index contributed by atoms with van der Waals surface area (Å²) >= 11 is 1.99. The second-order valence-electron chi connectivity index (χ2n) is 5.45. The van der Waals surface area contributed by atoms with Crippen molar-refractivity contribution in [3.63, 3.8) is 0 Å². The molecule has 86 valence electrons. The van der Waals surface area contributed by atoms with E-state index < -0.39 is 0 Å². The van der Waals surface area contributed by atoms with Crippen molar-refractivity contribution in [1.82, 2.24) is 0 Å². The van der Waals surface area contributed by atoms with Crippen LogP contribution in [0.5, 0.6) is 0 Å². The highest BCUT2D eigenvalue weighted by molar-refractivity contribution is 8.00. The molecule has 16 heavy (non-hydrogen) atoms. The molecule has 0 bridgehead atoms. The van der Waals surface area contributed by atoms with Crippen LogP contribution in [0.1, 0.15) is 33.3 Å². The van der Waals surface area contributed by atoms with Crippen LogP contribution in [-0.4, -0.2) is 4.75 Å². The molecule has 0 spiro atoms. The number of rotatable bonds is 1. The van der Waals surface area contributed by atoms with Gasteiger partial charge in [-0.15, -0.1) is 11.8 Å². The smallest absolute Gasteiger partial charge is 0.0222 e. The van der Waals surface area contributed by atoms with E-state index >= 15 is 0 Å². The van der Waals surface area contributed by atoms with E-state index in [1.807, 2.05) is 11.8 Å². The summed E-state index contributed by atoms with van der Waals surface area (Å²) in [4.78, 5) is 1.38.